The largest absolute Gasteiger partial charge is 0.477 e. The summed E-state index contributed by atoms with van der Waals surface area (Å²) in [6.07, 6.45) is 0. The average molecular weight is 572 g/mol. The van der Waals surface area contributed by atoms with Crippen LogP contribution in [0.2, 0.25) is 0 Å². The molecular formula is C21H29N7O6S3. The summed E-state index contributed by atoms with van der Waals surface area (Å²) in [4.78, 5) is 69.9. The predicted molar refractivity (Wildman–Crippen MR) is 144 cm³/mol. The molecule has 37 heavy (non-hydrogen) atoms. The normalized spacial score (nSPS) is 19.7. The molecule has 202 valence electrons. The van der Waals surface area contributed by atoms with Crippen molar-refractivity contribution in [3.8, 4) is 0 Å². The van der Waals surface area contributed by atoms with Gasteiger partial charge in [0.25, 0.3) is 5.91 Å². The number of β-lactam (4-membered cyclic amide) rings is 1. The maximum Gasteiger partial charge on any atom is 0.352 e. The molecule has 13 nitrogen and oxygen atoms in total. The van der Waals surface area contributed by atoms with E-state index in [4.69, 9.17) is 0 Å². The highest BCUT2D eigenvalue weighted by Crippen LogP contribution is 2.41. The zero-order valence-corrected chi connectivity index (χ0v) is 23.4. The Bertz CT molecular complexity index is 1260. The van der Waals surface area contributed by atoms with E-state index < -0.39 is 34.4 Å². The van der Waals surface area contributed by atoms with Gasteiger partial charge in [-0.05, 0) is 33.3 Å². The summed E-state index contributed by atoms with van der Waals surface area (Å²) >= 11 is 3.67. The van der Waals surface area contributed by atoms with Crippen LogP contribution >= 0.6 is 35.3 Å². The molecule has 0 unspecified atom stereocenters. The van der Waals surface area contributed by atoms with E-state index in [-0.39, 0.29) is 40.4 Å². The third-order valence-electron chi connectivity index (χ3n) is 5.02. The number of carbonyl (C=O) groups is 3. The number of aliphatic imine (C=N–C) groups is 1. The van der Waals surface area contributed by atoms with Crippen molar-refractivity contribution in [1.82, 2.24) is 30.3 Å². The van der Waals surface area contributed by atoms with Crippen molar-refractivity contribution in [1.29, 1.82) is 0 Å². The van der Waals surface area contributed by atoms with Crippen LogP contribution in [0.15, 0.2) is 31.0 Å². The number of amides is 2. The zero-order chi connectivity index (χ0) is 27.4. The van der Waals surface area contributed by atoms with E-state index in [0.29, 0.717) is 16.5 Å². The maximum absolute atomic E-state index is 12.9. The summed E-state index contributed by atoms with van der Waals surface area (Å²) in [5.74, 6) is -1.59. The molecular weight excluding hydrogens is 542 g/mol. The minimum Gasteiger partial charge on any atom is -0.477 e. The highest BCUT2D eigenvalue weighted by molar-refractivity contribution is 8.14. The van der Waals surface area contributed by atoms with E-state index >= 15 is 0 Å². The van der Waals surface area contributed by atoms with Crippen LogP contribution in [0.5, 0.6) is 0 Å². The number of hydrogen-bond acceptors (Lipinski definition) is 10. The van der Waals surface area contributed by atoms with E-state index in [1.54, 1.807) is 0 Å². The number of nitrogens with one attached hydrogen (secondary N) is 3. The molecule has 0 bridgehead atoms. The maximum atomic E-state index is 12.9. The Morgan fingerprint density at radius 1 is 1.27 bits per heavy atom. The first-order valence-electron chi connectivity index (χ1n) is 11.4. The molecule has 1 aromatic rings. The first kappa shape index (κ1) is 28.8. The smallest absolute Gasteiger partial charge is 0.352 e. The average Bonchev–Trinajstić information content (AvgIpc) is 2.80. The SMILES string of the molecule is CC(C)N=C(NC(C)C)SCC(=O)N[C@@H]1C(=O)N2C(C(=O)O)=C(CSc3nc(=O)c(=O)[nH]n3C)CS[C@H]12. The minimum atomic E-state index is -1.26. The van der Waals surface area contributed by atoms with Crippen LogP contribution in [-0.4, -0.2) is 88.5 Å². The number of aromatic amines is 1. The van der Waals surface area contributed by atoms with E-state index in [1.165, 1.54) is 40.2 Å². The van der Waals surface area contributed by atoms with Crippen LogP contribution in [0.4, 0.5) is 0 Å². The number of thioether (sulfide) groups is 3. The van der Waals surface area contributed by atoms with Crippen molar-refractivity contribution >= 4 is 58.2 Å². The van der Waals surface area contributed by atoms with E-state index in [2.05, 4.69) is 25.7 Å². The Balaban J connectivity index is 1.66. The molecule has 0 aromatic carbocycles. The summed E-state index contributed by atoms with van der Waals surface area (Å²) in [5, 5.41) is 18.4. The molecule has 1 aromatic heterocycles. The summed E-state index contributed by atoms with van der Waals surface area (Å²) < 4.78 is 1.28. The summed E-state index contributed by atoms with van der Waals surface area (Å²) in [6, 6.07) is -0.630. The lowest BCUT2D eigenvalue weighted by molar-refractivity contribution is -0.150. The van der Waals surface area contributed by atoms with Gasteiger partial charge in [-0.1, -0.05) is 23.5 Å². The van der Waals surface area contributed by atoms with Crippen molar-refractivity contribution in [3.05, 3.63) is 32.0 Å². The quantitative estimate of drug-likeness (QED) is 0.101. The van der Waals surface area contributed by atoms with Gasteiger partial charge in [-0.15, -0.1) is 11.8 Å². The number of carboxylic acid groups (broad SMARTS) is 1. The Hall–Kier alpha value is -2.72. The predicted octanol–water partition coefficient (Wildman–Crippen LogP) is -0.205. The van der Waals surface area contributed by atoms with Crippen LogP contribution in [0.1, 0.15) is 27.7 Å². The Kier molecular flexibility index (Phi) is 9.52. The molecule has 2 amide bonds. The van der Waals surface area contributed by atoms with Crippen molar-refractivity contribution in [2.24, 2.45) is 12.0 Å². The summed E-state index contributed by atoms with van der Waals surface area (Å²) in [6.45, 7) is 7.81. The fraction of sp³-hybridized carbons (Fsp3) is 0.571. The number of carboxylic acids is 1. The molecule has 0 radical (unpaired) electrons. The molecule has 4 N–H and O–H groups in total. The lowest BCUT2D eigenvalue weighted by Gasteiger charge is -2.49. The van der Waals surface area contributed by atoms with Crippen molar-refractivity contribution < 1.29 is 19.5 Å². The van der Waals surface area contributed by atoms with Gasteiger partial charge in [0, 0.05) is 30.6 Å². The van der Waals surface area contributed by atoms with Crippen LogP contribution in [0, 0.1) is 0 Å². The molecule has 1 fully saturated rings. The summed E-state index contributed by atoms with van der Waals surface area (Å²) in [5.41, 5.74) is -1.46. The first-order valence-corrected chi connectivity index (χ1v) is 14.4. The van der Waals surface area contributed by atoms with Crippen molar-refractivity contribution in [3.63, 3.8) is 0 Å². The van der Waals surface area contributed by atoms with E-state index in [0.717, 1.165) is 11.8 Å². The third-order valence-corrected chi connectivity index (χ3v) is 8.38. The van der Waals surface area contributed by atoms with Crippen LogP contribution in [0.3, 0.4) is 0 Å². The monoisotopic (exact) mass is 571 g/mol. The number of H-pyrrole nitrogens is 1. The third kappa shape index (κ3) is 6.98. The van der Waals surface area contributed by atoms with Gasteiger partial charge in [0.05, 0.1) is 5.75 Å². The number of aryl methyl sites for hydroxylation is 1. The standard InChI is InChI=1S/C21H29N7O6S3/c1-9(2)22-20(23-10(3)4)36-8-12(29)24-13-17(32)28-14(19(33)34)11(6-35-18(13)28)7-37-21-25-15(30)16(31)26-27(21)5/h9-10,13,18H,6-8H2,1-5H3,(H,22,23)(H,24,29)(H,26,31)(H,33,34)/t13-,18-/m1/s1. The number of aromatic nitrogens is 3. The summed E-state index contributed by atoms with van der Waals surface area (Å²) in [7, 11) is 1.51. The van der Waals surface area contributed by atoms with Gasteiger partial charge < -0.3 is 15.7 Å². The fourth-order valence-electron chi connectivity index (χ4n) is 3.48. The number of aliphatic carboxylic acids is 1. The molecule has 2 atom stereocenters. The van der Waals surface area contributed by atoms with E-state index in [9.17, 15) is 29.1 Å². The Morgan fingerprint density at radius 2 is 1.97 bits per heavy atom. The number of rotatable bonds is 9. The molecule has 2 aliphatic heterocycles. The second kappa shape index (κ2) is 12.2. The lowest BCUT2D eigenvalue weighted by Crippen LogP contribution is -2.70. The Morgan fingerprint density at radius 3 is 2.59 bits per heavy atom. The zero-order valence-electron chi connectivity index (χ0n) is 20.9. The lowest BCUT2D eigenvalue weighted by atomic mass is 10.0. The minimum absolute atomic E-state index is 0.0515. The molecule has 0 aliphatic carbocycles. The van der Waals surface area contributed by atoms with Crippen molar-refractivity contribution in [2.45, 2.75) is 56.4 Å². The van der Waals surface area contributed by atoms with Gasteiger partial charge in [-0.2, -0.15) is 4.98 Å². The highest BCUT2D eigenvalue weighted by atomic mass is 32.2. The molecule has 1 saturated heterocycles. The number of amidine groups is 1. The molecule has 2 aliphatic rings. The van der Waals surface area contributed by atoms with Gasteiger partial charge in [0.1, 0.15) is 17.1 Å². The van der Waals surface area contributed by atoms with E-state index in [1.807, 2.05) is 27.7 Å². The molecule has 3 rings (SSSR count). The topological polar surface area (TPSA) is 179 Å². The number of hydrogen-bond donors (Lipinski definition) is 4. The fourth-order valence-corrected chi connectivity index (χ4v) is 6.84. The highest BCUT2D eigenvalue weighted by Gasteiger charge is 2.54. The molecule has 16 heteroatoms. The van der Waals surface area contributed by atoms with Gasteiger partial charge in [-0.25, -0.2) is 4.79 Å². The Labute approximate surface area is 225 Å². The van der Waals surface area contributed by atoms with Gasteiger partial charge in [0.15, 0.2) is 10.3 Å². The second-order valence-electron chi connectivity index (χ2n) is 8.82. The molecule has 3 heterocycles. The first-order chi connectivity index (χ1) is 17.4. The van der Waals surface area contributed by atoms with Gasteiger partial charge in [-0.3, -0.25) is 38.9 Å². The number of fused-ring (bicyclic) bond motifs is 1. The van der Waals surface area contributed by atoms with Gasteiger partial charge >= 0.3 is 17.1 Å². The second-order valence-corrected chi connectivity index (χ2v) is 11.8. The number of carbonyl (C=O) groups excluding carboxylic acids is 2. The molecule has 0 saturated carbocycles. The number of nitrogens with zero attached hydrogens (tertiary/aromatic N) is 4. The van der Waals surface area contributed by atoms with Crippen molar-refractivity contribution in [2.75, 3.05) is 17.3 Å². The molecule has 0 spiro atoms. The van der Waals surface area contributed by atoms with Crippen LogP contribution < -0.4 is 21.8 Å². The van der Waals surface area contributed by atoms with Crippen LogP contribution in [-0.2, 0) is 21.4 Å². The van der Waals surface area contributed by atoms with Crippen LogP contribution in [0.25, 0.3) is 0 Å². The van der Waals surface area contributed by atoms with Gasteiger partial charge in [0.2, 0.25) is 5.91 Å².